The molecule has 3 heterocycles. The molecular formula is C20H28N4O. The van der Waals surface area contributed by atoms with Crippen molar-refractivity contribution in [3.8, 4) is 0 Å². The SMILES string of the molecule is Cc1noc([C@H]2CCN(Cc3ccc(N4CCCCC4)c(C)c3)C2)n1. The van der Waals surface area contributed by atoms with Gasteiger partial charge in [-0.3, -0.25) is 4.90 Å². The summed E-state index contributed by atoms with van der Waals surface area (Å²) >= 11 is 0. The second-order valence-electron chi connectivity index (χ2n) is 7.57. The van der Waals surface area contributed by atoms with Crippen LogP contribution in [0.5, 0.6) is 0 Å². The number of likely N-dealkylation sites (tertiary alicyclic amines) is 1. The van der Waals surface area contributed by atoms with Crippen molar-refractivity contribution in [2.45, 2.75) is 52.0 Å². The van der Waals surface area contributed by atoms with Gasteiger partial charge in [0, 0.05) is 31.9 Å². The summed E-state index contributed by atoms with van der Waals surface area (Å²) < 4.78 is 5.36. The predicted molar refractivity (Wildman–Crippen MR) is 98.9 cm³/mol. The van der Waals surface area contributed by atoms with Crippen LogP contribution in [0.15, 0.2) is 22.7 Å². The summed E-state index contributed by atoms with van der Waals surface area (Å²) in [5, 5.41) is 3.93. The minimum absolute atomic E-state index is 0.384. The number of aromatic nitrogens is 2. The van der Waals surface area contributed by atoms with E-state index in [2.05, 4.69) is 45.1 Å². The number of rotatable bonds is 4. The zero-order chi connectivity index (χ0) is 17.2. The van der Waals surface area contributed by atoms with Gasteiger partial charge in [0.1, 0.15) is 0 Å². The molecule has 2 aromatic rings. The normalized spacial score (nSPS) is 21.8. The van der Waals surface area contributed by atoms with Crippen molar-refractivity contribution in [1.82, 2.24) is 15.0 Å². The van der Waals surface area contributed by atoms with Gasteiger partial charge in [0.05, 0.1) is 5.92 Å². The van der Waals surface area contributed by atoms with Crippen LogP contribution in [-0.4, -0.2) is 41.2 Å². The Labute approximate surface area is 150 Å². The van der Waals surface area contributed by atoms with Crippen molar-refractivity contribution < 1.29 is 4.52 Å². The maximum Gasteiger partial charge on any atom is 0.231 e. The Morgan fingerprint density at radius 1 is 1.12 bits per heavy atom. The largest absolute Gasteiger partial charge is 0.371 e. The molecule has 0 aliphatic carbocycles. The lowest BCUT2D eigenvalue weighted by molar-refractivity contribution is 0.308. The lowest BCUT2D eigenvalue weighted by atomic mass is 10.1. The van der Waals surface area contributed by atoms with Crippen molar-refractivity contribution >= 4 is 5.69 Å². The molecular weight excluding hydrogens is 312 g/mol. The summed E-state index contributed by atoms with van der Waals surface area (Å²) in [6, 6.07) is 7.00. The van der Waals surface area contributed by atoms with E-state index >= 15 is 0 Å². The standard InChI is InChI=1S/C20H28N4O/c1-15-12-17(6-7-19(15)24-9-4-3-5-10-24)13-23-11-8-18(14-23)20-21-16(2)22-25-20/h6-7,12,18H,3-5,8-11,13-14H2,1-2H3/t18-/m0/s1. The number of anilines is 1. The van der Waals surface area contributed by atoms with Gasteiger partial charge in [-0.05, 0) is 63.3 Å². The number of hydrogen-bond acceptors (Lipinski definition) is 5. The molecule has 0 amide bonds. The Kier molecular flexibility index (Phi) is 4.75. The summed E-state index contributed by atoms with van der Waals surface area (Å²) in [5.41, 5.74) is 4.23. The summed E-state index contributed by atoms with van der Waals surface area (Å²) in [6.45, 7) is 9.65. The number of hydrogen-bond donors (Lipinski definition) is 0. The van der Waals surface area contributed by atoms with Gasteiger partial charge in [0.2, 0.25) is 5.89 Å². The fraction of sp³-hybridized carbons (Fsp3) is 0.600. The molecule has 2 aliphatic heterocycles. The Morgan fingerprint density at radius 2 is 1.96 bits per heavy atom. The third-order valence-electron chi connectivity index (χ3n) is 5.53. The third kappa shape index (κ3) is 3.71. The van der Waals surface area contributed by atoms with Gasteiger partial charge in [0.15, 0.2) is 5.82 Å². The molecule has 0 radical (unpaired) electrons. The van der Waals surface area contributed by atoms with E-state index in [1.165, 1.54) is 49.2 Å². The summed E-state index contributed by atoms with van der Waals surface area (Å²) in [4.78, 5) is 9.45. The Morgan fingerprint density at radius 3 is 2.68 bits per heavy atom. The van der Waals surface area contributed by atoms with Crippen molar-refractivity contribution in [1.29, 1.82) is 0 Å². The predicted octanol–water partition coefficient (Wildman–Crippen LogP) is 3.67. The first kappa shape index (κ1) is 16.6. The lowest BCUT2D eigenvalue weighted by Crippen LogP contribution is -2.30. The first-order valence-electron chi connectivity index (χ1n) is 9.56. The van der Waals surface area contributed by atoms with Gasteiger partial charge in [-0.2, -0.15) is 4.98 Å². The number of aryl methyl sites for hydroxylation is 2. The van der Waals surface area contributed by atoms with E-state index in [0.29, 0.717) is 5.92 Å². The summed E-state index contributed by atoms with van der Waals surface area (Å²) in [7, 11) is 0. The fourth-order valence-corrected chi connectivity index (χ4v) is 4.22. The van der Waals surface area contributed by atoms with Crippen molar-refractivity contribution in [3.05, 3.63) is 41.0 Å². The zero-order valence-electron chi connectivity index (χ0n) is 15.4. The second-order valence-corrected chi connectivity index (χ2v) is 7.57. The van der Waals surface area contributed by atoms with Crippen LogP contribution in [0.3, 0.4) is 0 Å². The smallest absolute Gasteiger partial charge is 0.231 e. The topological polar surface area (TPSA) is 45.4 Å². The number of nitrogens with zero attached hydrogens (tertiary/aromatic N) is 4. The molecule has 134 valence electrons. The summed E-state index contributed by atoms with van der Waals surface area (Å²) in [5.74, 6) is 1.92. The molecule has 5 nitrogen and oxygen atoms in total. The molecule has 2 fully saturated rings. The average molecular weight is 340 g/mol. The highest BCUT2D eigenvalue weighted by Crippen LogP contribution is 2.29. The Hall–Kier alpha value is -1.88. The van der Waals surface area contributed by atoms with E-state index < -0.39 is 0 Å². The van der Waals surface area contributed by atoms with E-state index in [4.69, 9.17) is 4.52 Å². The molecule has 0 bridgehead atoms. The minimum Gasteiger partial charge on any atom is -0.371 e. The van der Waals surface area contributed by atoms with Crippen LogP contribution in [0.2, 0.25) is 0 Å². The minimum atomic E-state index is 0.384. The van der Waals surface area contributed by atoms with Gasteiger partial charge in [-0.15, -0.1) is 0 Å². The van der Waals surface area contributed by atoms with Crippen LogP contribution >= 0.6 is 0 Å². The molecule has 0 saturated carbocycles. The highest BCUT2D eigenvalue weighted by atomic mass is 16.5. The lowest BCUT2D eigenvalue weighted by Gasteiger charge is -2.30. The first-order valence-corrected chi connectivity index (χ1v) is 9.56. The highest BCUT2D eigenvalue weighted by molar-refractivity contribution is 5.54. The zero-order valence-corrected chi connectivity index (χ0v) is 15.4. The monoisotopic (exact) mass is 340 g/mol. The molecule has 0 spiro atoms. The van der Waals surface area contributed by atoms with E-state index in [1.54, 1.807) is 0 Å². The molecule has 2 aliphatic rings. The van der Waals surface area contributed by atoms with Crippen LogP contribution in [0.25, 0.3) is 0 Å². The van der Waals surface area contributed by atoms with Gasteiger partial charge in [-0.1, -0.05) is 17.3 Å². The van der Waals surface area contributed by atoms with Gasteiger partial charge in [-0.25, -0.2) is 0 Å². The molecule has 4 rings (SSSR count). The fourth-order valence-electron chi connectivity index (χ4n) is 4.22. The molecule has 1 aromatic heterocycles. The van der Waals surface area contributed by atoms with E-state index in [-0.39, 0.29) is 0 Å². The Balaban J connectivity index is 1.39. The van der Waals surface area contributed by atoms with Crippen molar-refractivity contribution in [3.63, 3.8) is 0 Å². The maximum absolute atomic E-state index is 5.36. The van der Waals surface area contributed by atoms with Crippen LogP contribution in [0.4, 0.5) is 5.69 Å². The number of piperidine rings is 1. The van der Waals surface area contributed by atoms with Crippen LogP contribution in [-0.2, 0) is 6.54 Å². The van der Waals surface area contributed by atoms with E-state index in [0.717, 1.165) is 37.8 Å². The maximum atomic E-state index is 5.36. The van der Waals surface area contributed by atoms with Crippen molar-refractivity contribution in [2.24, 2.45) is 0 Å². The summed E-state index contributed by atoms with van der Waals surface area (Å²) in [6.07, 6.45) is 5.13. The van der Waals surface area contributed by atoms with Gasteiger partial charge in [0.25, 0.3) is 0 Å². The van der Waals surface area contributed by atoms with Gasteiger partial charge < -0.3 is 9.42 Å². The average Bonchev–Trinajstić information content (AvgIpc) is 3.25. The Bertz CT molecular complexity index is 720. The van der Waals surface area contributed by atoms with Crippen molar-refractivity contribution in [2.75, 3.05) is 31.1 Å². The second kappa shape index (κ2) is 7.16. The third-order valence-corrected chi connectivity index (χ3v) is 5.53. The van der Waals surface area contributed by atoms with Crippen LogP contribution in [0, 0.1) is 13.8 Å². The highest BCUT2D eigenvalue weighted by Gasteiger charge is 2.28. The van der Waals surface area contributed by atoms with Crippen LogP contribution in [0.1, 0.15) is 54.4 Å². The quantitative estimate of drug-likeness (QED) is 0.850. The van der Waals surface area contributed by atoms with Gasteiger partial charge >= 0.3 is 0 Å². The van der Waals surface area contributed by atoms with E-state index in [1.807, 2.05) is 6.92 Å². The van der Waals surface area contributed by atoms with Crippen LogP contribution < -0.4 is 4.90 Å². The molecule has 25 heavy (non-hydrogen) atoms. The first-order chi connectivity index (χ1) is 12.2. The molecule has 0 unspecified atom stereocenters. The molecule has 0 N–H and O–H groups in total. The molecule has 2 saturated heterocycles. The van der Waals surface area contributed by atoms with E-state index in [9.17, 15) is 0 Å². The molecule has 1 aromatic carbocycles. The molecule has 5 heteroatoms. The number of benzene rings is 1. The molecule has 1 atom stereocenters.